The van der Waals surface area contributed by atoms with Gasteiger partial charge in [-0.05, 0) is 50.4 Å². The summed E-state index contributed by atoms with van der Waals surface area (Å²) in [7, 11) is 2.18. The predicted octanol–water partition coefficient (Wildman–Crippen LogP) is 3.20. The summed E-state index contributed by atoms with van der Waals surface area (Å²) in [5.41, 5.74) is 2.43. The summed E-state index contributed by atoms with van der Waals surface area (Å²) >= 11 is 0. The maximum Gasteiger partial charge on any atom is 0.125 e. The van der Waals surface area contributed by atoms with Crippen LogP contribution in [0.4, 0.5) is 11.4 Å². The van der Waals surface area contributed by atoms with E-state index < -0.39 is 0 Å². The second kappa shape index (κ2) is 6.22. The molecule has 1 unspecified atom stereocenters. The van der Waals surface area contributed by atoms with Crippen LogP contribution in [0.25, 0.3) is 0 Å². The zero-order valence-corrected chi connectivity index (χ0v) is 12.7. The van der Waals surface area contributed by atoms with E-state index in [-0.39, 0.29) is 6.04 Å². The molecule has 4 heteroatoms. The molecule has 1 fully saturated rings. The molecule has 0 amide bonds. The van der Waals surface area contributed by atoms with Gasteiger partial charge >= 0.3 is 0 Å². The first-order valence-corrected chi connectivity index (χ1v) is 7.56. The van der Waals surface area contributed by atoms with E-state index in [0.29, 0.717) is 0 Å². The molecule has 0 aliphatic carbocycles. The van der Waals surface area contributed by atoms with E-state index in [1.807, 2.05) is 12.1 Å². The highest BCUT2D eigenvalue weighted by molar-refractivity contribution is 5.55. The molecule has 1 aliphatic rings. The number of rotatable bonds is 4. The van der Waals surface area contributed by atoms with Crippen LogP contribution in [0.1, 0.15) is 18.7 Å². The number of hydrogen-bond acceptors (Lipinski definition) is 4. The summed E-state index contributed by atoms with van der Waals surface area (Å²) < 4.78 is 5.42. The van der Waals surface area contributed by atoms with Crippen LogP contribution in [0.2, 0.25) is 0 Å². The van der Waals surface area contributed by atoms with Crippen molar-refractivity contribution < 1.29 is 4.42 Å². The molecule has 1 aromatic heterocycles. The van der Waals surface area contributed by atoms with Gasteiger partial charge in [0.25, 0.3) is 0 Å². The van der Waals surface area contributed by atoms with Gasteiger partial charge in [-0.1, -0.05) is 0 Å². The van der Waals surface area contributed by atoms with Gasteiger partial charge in [-0.15, -0.1) is 0 Å². The van der Waals surface area contributed by atoms with Crippen molar-refractivity contribution in [2.45, 2.75) is 13.0 Å². The second-order valence-corrected chi connectivity index (χ2v) is 5.72. The van der Waals surface area contributed by atoms with Crippen molar-refractivity contribution in [3.8, 4) is 0 Å². The summed E-state index contributed by atoms with van der Waals surface area (Å²) in [4.78, 5) is 4.82. The number of nitrogens with one attached hydrogen (secondary N) is 1. The average molecular weight is 285 g/mol. The first-order chi connectivity index (χ1) is 10.2. The number of benzene rings is 1. The van der Waals surface area contributed by atoms with Crippen molar-refractivity contribution in [1.29, 1.82) is 0 Å². The van der Waals surface area contributed by atoms with Crippen LogP contribution >= 0.6 is 0 Å². The van der Waals surface area contributed by atoms with Crippen molar-refractivity contribution in [2.75, 3.05) is 43.4 Å². The Morgan fingerprint density at radius 2 is 1.76 bits per heavy atom. The Hall–Kier alpha value is -1.94. The Labute approximate surface area is 126 Å². The lowest BCUT2D eigenvalue weighted by Gasteiger charge is -2.34. The van der Waals surface area contributed by atoms with Gasteiger partial charge in [0.1, 0.15) is 5.76 Å². The first-order valence-electron chi connectivity index (χ1n) is 7.56. The van der Waals surface area contributed by atoms with Gasteiger partial charge < -0.3 is 19.5 Å². The molecule has 1 N–H and O–H groups in total. The molecule has 2 heterocycles. The van der Waals surface area contributed by atoms with E-state index in [9.17, 15) is 0 Å². The van der Waals surface area contributed by atoms with E-state index in [1.165, 1.54) is 5.69 Å². The molecule has 2 aromatic rings. The average Bonchev–Trinajstić information content (AvgIpc) is 3.03. The minimum absolute atomic E-state index is 0.175. The highest BCUT2D eigenvalue weighted by Gasteiger charge is 2.14. The molecule has 1 saturated heterocycles. The van der Waals surface area contributed by atoms with E-state index in [2.05, 4.69) is 53.4 Å². The van der Waals surface area contributed by atoms with E-state index in [0.717, 1.165) is 37.6 Å². The van der Waals surface area contributed by atoms with Gasteiger partial charge in [-0.2, -0.15) is 0 Å². The fraction of sp³-hybridized carbons (Fsp3) is 0.412. The molecule has 0 radical (unpaired) electrons. The van der Waals surface area contributed by atoms with Gasteiger partial charge in [0.2, 0.25) is 0 Å². The molecule has 4 nitrogen and oxygen atoms in total. The fourth-order valence-corrected chi connectivity index (χ4v) is 2.69. The Bertz CT molecular complexity index is 542. The van der Waals surface area contributed by atoms with E-state index in [1.54, 1.807) is 6.26 Å². The van der Waals surface area contributed by atoms with E-state index >= 15 is 0 Å². The van der Waals surface area contributed by atoms with E-state index in [4.69, 9.17) is 4.42 Å². The quantitative estimate of drug-likeness (QED) is 0.935. The van der Waals surface area contributed by atoms with Gasteiger partial charge in [0.15, 0.2) is 0 Å². The molecular weight excluding hydrogens is 262 g/mol. The van der Waals surface area contributed by atoms with Gasteiger partial charge in [0, 0.05) is 37.6 Å². The number of nitrogens with zero attached hydrogens (tertiary/aromatic N) is 2. The second-order valence-electron chi connectivity index (χ2n) is 5.72. The highest BCUT2D eigenvalue weighted by atomic mass is 16.3. The van der Waals surface area contributed by atoms with Crippen molar-refractivity contribution in [2.24, 2.45) is 0 Å². The summed E-state index contributed by atoms with van der Waals surface area (Å²) in [5.74, 6) is 0.957. The SMILES string of the molecule is CC(Nc1ccc(N2CCN(C)CC2)cc1)c1ccco1. The lowest BCUT2D eigenvalue weighted by Crippen LogP contribution is -2.44. The van der Waals surface area contributed by atoms with Crippen LogP contribution in [0.15, 0.2) is 47.1 Å². The minimum atomic E-state index is 0.175. The lowest BCUT2D eigenvalue weighted by atomic mass is 10.2. The predicted molar refractivity (Wildman–Crippen MR) is 86.9 cm³/mol. The number of piperazine rings is 1. The van der Waals surface area contributed by atoms with Crippen LogP contribution in [0, 0.1) is 0 Å². The standard InChI is InChI=1S/C17H23N3O/c1-14(17-4-3-13-21-17)18-15-5-7-16(8-6-15)20-11-9-19(2)10-12-20/h3-8,13-14,18H,9-12H2,1-2H3. The van der Waals surface area contributed by atoms with Crippen molar-refractivity contribution >= 4 is 11.4 Å². The van der Waals surface area contributed by atoms with Crippen LogP contribution in [-0.4, -0.2) is 38.1 Å². The molecule has 3 rings (SSSR count). The highest BCUT2D eigenvalue weighted by Crippen LogP contribution is 2.23. The molecule has 1 atom stereocenters. The van der Waals surface area contributed by atoms with Gasteiger partial charge in [0.05, 0.1) is 12.3 Å². The van der Waals surface area contributed by atoms with Crippen LogP contribution in [0.3, 0.4) is 0 Å². The van der Waals surface area contributed by atoms with Crippen molar-refractivity contribution in [3.05, 3.63) is 48.4 Å². The normalized spacial score (nSPS) is 17.7. The molecule has 0 bridgehead atoms. The number of hydrogen-bond donors (Lipinski definition) is 1. The molecule has 0 spiro atoms. The molecular formula is C17H23N3O. The van der Waals surface area contributed by atoms with Crippen molar-refractivity contribution in [3.63, 3.8) is 0 Å². The number of furan rings is 1. The molecule has 1 aromatic carbocycles. The summed E-state index contributed by atoms with van der Waals surface area (Å²) in [6, 6.07) is 12.8. The third kappa shape index (κ3) is 3.39. The van der Waals surface area contributed by atoms with Gasteiger partial charge in [-0.3, -0.25) is 0 Å². The molecule has 1 aliphatic heterocycles. The topological polar surface area (TPSA) is 31.6 Å². The Balaban J connectivity index is 1.61. The van der Waals surface area contributed by atoms with Crippen LogP contribution in [-0.2, 0) is 0 Å². The first kappa shape index (κ1) is 14.0. The minimum Gasteiger partial charge on any atom is -0.467 e. The summed E-state index contributed by atoms with van der Waals surface area (Å²) in [6.07, 6.45) is 1.71. The number of likely N-dealkylation sites (N-methyl/N-ethyl adjacent to an activating group) is 1. The van der Waals surface area contributed by atoms with Crippen LogP contribution < -0.4 is 10.2 Å². The maximum atomic E-state index is 5.42. The third-order valence-electron chi connectivity index (χ3n) is 4.09. The Kier molecular flexibility index (Phi) is 4.15. The monoisotopic (exact) mass is 285 g/mol. The molecule has 0 saturated carbocycles. The zero-order chi connectivity index (χ0) is 14.7. The Morgan fingerprint density at radius 3 is 2.38 bits per heavy atom. The molecule has 21 heavy (non-hydrogen) atoms. The third-order valence-corrected chi connectivity index (χ3v) is 4.09. The largest absolute Gasteiger partial charge is 0.467 e. The summed E-state index contributed by atoms with van der Waals surface area (Å²) in [6.45, 7) is 6.58. The summed E-state index contributed by atoms with van der Waals surface area (Å²) in [5, 5.41) is 3.46. The van der Waals surface area contributed by atoms with Crippen molar-refractivity contribution in [1.82, 2.24) is 4.90 Å². The molecule has 112 valence electrons. The smallest absolute Gasteiger partial charge is 0.125 e. The fourth-order valence-electron chi connectivity index (χ4n) is 2.69. The lowest BCUT2D eigenvalue weighted by molar-refractivity contribution is 0.313. The Morgan fingerprint density at radius 1 is 1.05 bits per heavy atom. The van der Waals surface area contributed by atoms with Gasteiger partial charge in [-0.25, -0.2) is 0 Å². The zero-order valence-electron chi connectivity index (χ0n) is 12.7. The van der Waals surface area contributed by atoms with Crippen LogP contribution in [0.5, 0.6) is 0 Å². The number of anilines is 2. The maximum absolute atomic E-state index is 5.42.